The van der Waals surface area contributed by atoms with Crippen LogP contribution in [-0.4, -0.2) is 24.4 Å². The molecule has 1 aromatic rings. The van der Waals surface area contributed by atoms with Crippen LogP contribution in [-0.2, 0) is 0 Å². The Morgan fingerprint density at radius 3 is 2.67 bits per heavy atom. The predicted molar refractivity (Wildman–Crippen MR) is 82.0 cm³/mol. The van der Waals surface area contributed by atoms with E-state index in [1.54, 1.807) is 6.07 Å². The minimum absolute atomic E-state index is 0.00576. The van der Waals surface area contributed by atoms with Crippen LogP contribution in [0.5, 0.6) is 5.75 Å². The fraction of sp³-hybridized carbons (Fsp3) is 0.647. The first-order valence-electron chi connectivity index (χ1n) is 7.73. The van der Waals surface area contributed by atoms with Crippen molar-refractivity contribution in [1.82, 2.24) is 5.32 Å². The van der Waals surface area contributed by atoms with Crippen LogP contribution in [0.3, 0.4) is 0 Å². The SMILES string of the molecule is COc1ccc(C(C)NCC2(O)CCC(C)CC2)cc1F. The summed E-state index contributed by atoms with van der Waals surface area (Å²) in [5.74, 6) is 0.609. The van der Waals surface area contributed by atoms with E-state index in [-0.39, 0.29) is 17.6 Å². The van der Waals surface area contributed by atoms with Crippen LogP contribution >= 0.6 is 0 Å². The van der Waals surface area contributed by atoms with Gasteiger partial charge in [0.05, 0.1) is 12.7 Å². The van der Waals surface area contributed by atoms with Crippen LogP contribution in [0.25, 0.3) is 0 Å². The predicted octanol–water partition coefficient (Wildman–Crippen LogP) is 3.43. The quantitative estimate of drug-likeness (QED) is 0.874. The summed E-state index contributed by atoms with van der Waals surface area (Å²) in [6, 6.07) is 4.98. The second-order valence-corrected chi connectivity index (χ2v) is 6.40. The second-order valence-electron chi connectivity index (χ2n) is 6.40. The Morgan fingerprint density at radius 2 is 2.10 bits per heavy atom. The molecule has 4 heteroatoms. The van der Waals surface area contributed by atoms with Gasteiger partial charge in [0, 0.05) is 12.6 Å². The third-order valence-electron chi connectivity index (χ3n) is 4.62. The first kappa shape index (κ1) is 16.2. The Balaban J connectivity index is 1.92. The van der Waals surface area contributed by atoms with Crippen molar-refractivity contribution in [3.05, 3.63) is 29.6 Å². The normalized spacial score (nSPS) is 27.4. The molecule has 21 heavy (non-hydrogen) atoms. The van der Waals surface area contributed by atoms with E-state index < -0.39 is 5.60 Å². The zero-order valence-corrected chi connectivity index (χ0v) is 13.2. The van der Waals surface area contributed by atoms with Crippen LogP contribution in [0.4, 0.5) is 4.39 Å². The molecule has 2 N–H and O–H groups in total. The van der Waals surface area contributed by atoms with Crippen molar-refractivity contribution in [3.63, 3.8) is 0 Å². The van der Waals surface area contributed by atoms with Gasteiger partial charge in [0.15, 0.2) is 11.6 Å². The number of methoxy groups -OCH3 is 1. The molecule has 0 radical (unpaired) electrons. The highest BCUT2D eigenvalue weighted by Crippen LogP contribution is 2.32. The van der Waals surface area contributed by atoms with Crippen molar-refractivity contribution in [2.24, 2.45) is 5.92 Å². The van der Waals surface area contributed by atoms with Crippen LogP contribution in [0.1, 0.15) is 51.1 Å². The molecular formula is C17H26FNO2. The van der Waals surface area contributed by atoms with Gasteiger partial charge in [0.1, 0.15) is 0 Å². The molecule has 0 spiro atoms. The molecule has 0 heterocycles. The average molecular weight is 295 g/mol. The molecule has 1 aromatic carbocycles. The van der Waals surface area contributed by atoms with Crippen LogP contribution in [0.15, 0.2) is 18.2 Å². The number of rotatable bonds is 5. The van der Waals surface area contributed by atoms with Crippen LogP contribution < -0.4 is 10.1 Å². The van der Waals surface area contributed by atoms with Crippen molar-refractivity contribution in [3.8, 4) is 5.75 Å². The number of halogens is 1. The summed E-state index contributed by atoms with van der Waals surface area (Å²) < 4.78 is 18.6. The van der Waals surface area contributed by atoms with Crippen LogP contribution in [0.2, 0.25) is 0 Å². The van der Waals surface area contributed by atoms with Crippen molar-refractivity contribution in [2.45, 2.75) is 51.2 Å². The molecule has 3 nitrogen and oxygen atoms in total. The zero-order valence-electron chi connectivity index (χ0n) is 13.2. The maximum atomic E-state index is 13.7. The number of benzene rings is 1. The lowest BCUT2D eigenvalue weighted by Gasteiger charge is -2.36. The van der Waals surface area contributed by atoms with Crippen LogP contribution in [0, 0.1) is 11.7 Å². The summed E-state index contributed by atoms with van der Waals surface area (Å²) in [4.78, 5) is 0. The lowest BCUT2D eigenvalue weighted by atomic mass is 9.79. The molecular weight excluding hydrogens is 269 g/mol. The molecule has 1 aliphatic rings. The molecule has 0 amide bonds. The van der Waals surface area contributed by atoms with Gasteiger partial charge >= 0.3 is 0 Å². The van der Waals surface area contributed by atoms with E-state index in [1.807, 2.05) is 13.0 Å². The van der Waals surface area contributed by atoms with Crippen molar-refractivity contribution in [1.29, 1.82) is 0 Å². The largest absolute Gasteiger partial charge is 0.494 e. The first-order chi connectivity index (χ1) is 9.93. The second kappa shape index (κ2) is 6.75. The molecule has 1 fully saturated rings. The lowest BCUT2D eigenvalue weighted by molar-refractivity contribution is -0.00784. The Morgan fingerprint density at radius 1 is 1.43 bits per heavy atom. The standard InChI is InChI=1S/C17H26FNO2/c1-12-6-8-17(20,9-7-12)11-19-13(2)14-4-5-16(21-3)15(18)10-14/h4-5,10,12-13,19-20H,6-9,11H2,1-3H3. The van der Waals surface area contributed by atoms with Gasteiger partial charge in [-0.05, 0) is 56.2 Å². The summed E-state index contributed by atoms with van der Waals surface area (Å²) in [7, 11) is 1.46. The molecule has 0 bridgehead atoms. The summed E-state index contributed by atoms with van der Waals surface area (Å²) in [5.41, 5.74) is 0.243. The van der Waals surface area contributed by atoms with E-state index in [9.17, 15) is 9.50 Å². The van der Waals surface area contributed by atoms with Gasteiger partial charge in [-0.3, -0.25) is 0 Å². The van der Waals surface area contributed by atoms with Crippen molar-refractivity contribution in [2.75, 3.05) is 13.7 Å². The molecule has 118 valence electrons. The highest BCUT2D eigenvalue weighted by molar-refractivity contribution is 5.30. The van der Waals surface area contributed by atoms with E-state index in [2.05, 4.69) is 12.2 Å². The Bertz CT molecular complexity index is 470. The van der Waals surface area contributed by atoms with Crippen molar-refractivity contribution >= 4 is 0 Å². The van der Waals surface area contributed by atoms with Gasteiger partial charge in [0.2, 0.25) is 0 Å². The maximum absolute atomic E-state index is 13.7. The maximum Gasteiger partial charge on any atom is 0.165 e. The van der Waals surface area contributed by atoms with Gasteiger partial charge < -0.3 is 15.2 Å². The Hall–Kier alpha value is -1.13. The summed E-state index contributed by atoms with van der Waals surface area (Å²) in [6.45, 7) is 4.76. The zero-order chi connectivity index (χ0) is 15.5. The van der Waals surface area contributed by atoms with E-state index in [0.29, 0.717) is 12.5 Å². The average Bonchev–Trinajstić information content (AvgIpc) is 2.48. The minimum Gasteiger partial charge on any atom is -0.494 e. The summed E-state index contributed by atoms with van der Waals surface area (Å²) >= 11 is 0. The minimum atomic E-state index is -0.619. The molecule has 0 saturated heterocycles. The number of hydrogen-bond acceptors (Lipinski definition) is 3. The van der Waals surface area contributed by atoms with Gasteiger partial charge in [-0.1, -0.05) is 13.0 Å². The molecule has 2 rings (SSSR count). The highest BCUT2D eigenvalue weighted by atomic mass is 19.1. The fourth-order valence-corrected chi connectivity index (χ4v) is 2.89. The topological polar surface area (TPSA) is 41.5 Å². The van der Waals surface area contributed by atoms with E-state index in [4.69, 9.17) is 4.74 Å². The molecule has 0 aliphatic heterocycles. The number of nitrogens with one attached hydrogen (secondary N) is 1. The van der Waals surface area contributed by atoms with Crippen molar-refractivity contribution < 1.29 is 14.2 Å². The van der Waals surface area contributed by atoms with Gasteiger partial charge in [-0.25, -0.2) is 4.39 Å². The molecule has 1 unspecified atom stereocenters. The third kappa shape index (κ3) is 4.17. The Labute approximate surface area is 126 Å². The molecule has 0 aromatic heterocycles. The van der Waals surface area contributed by atoms with E-state index in [1.165, 1.54) is 13.2 Å². The van der Waals surface area contributed by atoms with Gasteiger partial charge in [0.25, 0.3) is 0 Å². The van der Waals surface area contributed by atoms with E-state index in [0.717, 1.165) is 31.2 Å². The summed E-state index contributed by atoms with van der Waals surface area (Å²) in [5, 5.41) is 13.9. The first-order valence-corrected chi connectivity index (χ1v) is 7.73. The fourth-order valence-electron chi connectivity index (χ4n) is 2.89. The monoisotopic (exact) mass is 295 g/mol. The number of aliphatic hydroxyl groups is 1. The highest BCUT2D eigenvalue weighted by Gasteiger charge is 2.31. The number of hydrogen-bond donors (Lipinski definition) is 2. The van der Waals surface area contributed by atoms with E-state index >= 15 is 0 Å². The van der Waals surface area contributed by atoms with Gasteiger partial charge in [-0.15, -0.1) is 0 Å². The molecule has 1 aliphatic carbocycles. The lowest BCUT2D eigenvalue weighted by Crippen LogP contribution is -2.44. The number of ether oxygens (including phenoxy) is 1. The molecule has 1 saturated carbocycles. The molecule has 1 atom stereocenters. The summed E-state index contributed by atoms with van der Waals surface area (Å²) in [6.07, 6.45) is 3.82. The third-order valence-corrected chi connectivity index (χ3v) is 4.62. The van der Waals surface area contributed by atoms with Gasteiger partial charge in [-0.2, -0.15) is 0 Å². The smallest absolute Gasteiger partial charge is 0.165 e. The Kier molecular flexibility index (Phi) is 5.22.